The first kappa shape index (κ1) is 25.2. The molecule has 0 spiro atoms. The maximum absolute atomic E-state index is 13.6. The molecule has 3 aromatic carbocycles. The fourth-order valence-corrected chi connectivity index (χ4v) is 5.23. The van der Waals surface area contributed by atoms with E-state index in [0.29, 0.717) is 16.9 Å². The molecule has 180 valence electrons. The number of benzene rings is 3. The molecule has 0 saturated carbocycles. The lowest BCUT2D eigenvalue weighted by molar-refractivity contribution is -0.384. The second-order valence-corrected chi connectivity index (χ2v) is 10.1. The van der Waals surface area contributed by atoms with Gasteiger partial charge < -0.3 is 5.32 Å². The SMILES string of the molecule is Cc1ccc(N2C(=O)C(Cc3cccc([N+](=O)[O-])c3)SC2=C(C#N)C(=O)Nc2ccc(Br)cc2)cc1. The molecule has 36 heavy (non-hydrogen) atoms. The molecule has 1 fully saturated rings. The molecular formula is C26H19BrN4O4S. The van der Waals surface area contributed by atoms with Crippen LogP contribution in [0, 0.1) is 28.4 Å². The van der Waals surface area contributed by atoms with Gasteiger partial charge in [0.15, 0.2) is 0 Å². The van der Waals surface area contributed by atoms with E-state index >= 15 is 0 Å². The number of carbonyl (C=O) groups excluding carboxylic acids is 2. The molecule has 0 aromatic heterocycles. The minimum atomic E-state index is -0.674. The number of nitro benzene ring substituents is 1. The number of rotatable bonds is 6. The summed E-state index contributed by atoms with van der Waals surface area (Å²) in [4.78, 5) is 38.7. The summed E-state index contributed by atoms with van der Waals surface area (Å²) in [6, 6.07) is 22.2. The molecule has 1 aliphatic heterocycles. The van der Waals surface area contributed by atoms with Gasteiger partial charge in [-0.05, 0) is 55.3 Å². The van der Waals surface area contributed by atoms with Gasteiger partial charge in [0.1, 0.15) is 16.7 Å². The van der Waals surface area contributed by atoms with Crippen LogP contribution in [0.15, 0.2) is 87.9 Å². The summed E-state index contributed by atoms with van der Waals surface area (Å²) in [7, 11) is 0. The average Bonchev–Trinajstić information content (AvgIpc) is 3.17. The van der Waals surface area contributed by atoms with Crippen LogP contribution in [0.1, 0.15) is 11.1 Å². The van der Waals surface area contributed by atoms with Gasteiger partial charge in [0, 0.05) is 28.0 Å². The van der Waals surface area contributed by atoms with Crippen molar-refractivity contribution in [3.8, 4) is 6.07 Å². The summed E-state index contributed by atoms with van der Waals surface area (Å²) in [6.07, 6.45) is 0.198. The maximum atomic E-state index is 13.6. The number of aryl methyl sites for hydroxylation is 1. The Hall–Kier alpha value is -3.94. The predicted molar refractivity (Wildman–Crippen MR) is 142 cm³/mol. The number of amides is 2. The molecule has 1 unspecified atom stereocenters. The van der Waals surface area contributed by atoms with Crippen molar-refractivity contribution >= 4 is 56.6 Å². The van der Waals surface area contributed by atoms with Gasteiger partial charge in [-0.25, -0.2) is 0 Å². The van der Waals surface area contributed by atoms with Gasteiger partial charge in [0.2, 0.25) is 5.91 Å². The Kier molecular flexibility index (Phi) is 7.52. The number of hydrogen-bond acceptors (Lipinski definition) is 6. The molecule has 0 bridgehead atoms. The van der Waals surface area contributed by atoms with Crippen molar-refractivity contribution in [1.82, 2.24) is 0 Å². The topological polar surface area (TPSA) is 116 Å². The van der Waals surface area contributed by atoms with Crippen molar-refractivity contribution in [2.24, 2.45) is 0 Å². The highest BCUT2D eigenvalue weighted by Gasteiger charge is 2.41. The number of nitriles is 1. The van der Waals surface area contributed by atoms with Gasteiger partial charge in [-0.3, -0.25) is 24.6 Å². The fourth-order valence-electron chi connectivity index (χ4n) is 3.65. The smallest absolute Gasteiger partial charge is 0.269 e. The zero-order valence-electron chi connectivity index (χ0n) is 19.0. The minimum absolute atomic E-state index is 0.0688. The van der Waals surface area contributed by atoms with Crippen LogP contribution >= 0.6 is 27.7 Å². The monoisotopic (exact) mass is 562 g/mol. The van der Waals surface area contributed by atoms with E-state index in [1.54, 1.807) is 48.5 Å². The summed E-state index contributed by atoms with van der Waals surface area (Å²) in [6.45, 7) is 1.92. The summed E-state index contributed by atoms with van der Waals surface area (Å²) < 4.78 is 0.839. The third-order valence-electron chi connectivity index (χ3n) is 5.44. The Balaban J connectivity index is 1.72. The van der Waals surface area contributed by atoms with Crippen LogP contribution < -0.4 is 10.2 Å². The van der Waals surface area contributed by atoms with E-state index in [0.717, 1.165) is 21.8 Å². The van der Waals surface area contributed by atoms with Gasteiger partial charge >= 0.3 is 0 Å². The van der Waals surface area contributed by atoms with Gasteiger partial charge in [-0.1, -0.05) is 57.5 Å². The normalized spacial score (nSPS) is 16.4. The summed E-state index contributed by atoms with van der Waals surface area (Å²) >= 11 is 4.44. The molecule has 2 amide bonds. The number of thioether (sulfide) groups is 1. The molecule has 8 nitrogen and oxygen atoms in total. The van der Waals surface area contributed by atoms with Gasteiger partial charge in [0.25, 0.3) is 11.6 Å². The van der Waals surface area contributed by atoms with Crippen LogP contribution in [0.5, 0.6) is 0 Å². The molecule has 1 saturated heterocycles. The first-order valence-corrected chi connectivity index (χ1v) is 12.5. The fraction of sp³-hybridized carbons (Fsp3) is 0.115. The standard InChI is InChI=1S/C26H19BrN4O4S/c1-16-5-11-20(12-6-16)30-25(33)23(14-17-3-2-4-21(13-17)31(34)35)36-26(30)22(15-28)24(32)29-19-9-7-18(27)8-10-19/h2-13,23H,14H2,1H3,(H,29,32). The molecule has 1 N–H and O–H groups in total. The van der Waals surface area contributed by atoms with Crippen molar-refractivity contribution < 1.29 is 14.5 Å². The maximum Gasteiger partial charge on any atom is 0.269 e. The van der Waals surface area contributed by atoms with Crippen LogP contribution in [0.4, 0.5) is 17.1 Å². The van der Waals surface area contributed by atoms with E-state index in [1.807, 2.05) is 25.1 Å². The third kappa shape index (κ3) is 5.48. The van der Waals surface area contributed by atoms with Crippen molar-refractivity contribution in [2.75, 3.05) is 10.2 Å². The lowest BCUT2D eigenvalue weighted by Crippen LogP contribution is -2.30. The van der Waals surface area contributed by atoms with Crippen LogP contribution in [0.25, 0.3) is 0 Å². The number of hydrogen-bond donors (Lipinski definition) is 1. The molecule has 1 aliphatic rings. The first-order valence-electron chi connectivity index (χ1n) is 10.8. The van der Waals surface area contributed by atoms with Crippen molar-refractivity contribution in [3.05, 3.63) is 109 Å². The highest BCUT2D eigenvalue weighted by molar-refractivity contribution is 9.10. The minimum Gasteiger partial charge on any atom is -0.321 e. The van der Waals surface area contributed by atoms with E-state index in [4.69, 9.17) is 0 Å². The number of non-ortho nitro benzene ring substituents is 1. The Labute approximate surface area is 219 Å². The highest BCUT2D eigenvalue weighted by Crippen LogP contribution is 2.42. The summed E-state index contributed by atoms with van der Waals surface area (Å²) in [5.74, 6) is -0.946. The molecule has 3 aromatic rings. The third-order valence-corrected chi connectivity index (χ3v) is 7.23. The Morgan fingerprint density at radius 2 is 1.86 bits per heavy atom. The van der Waals surface area contributed by atoms with Crippen LogP contribution in [0.2, 0.25) is 0 Å². The number of nitro groups is 1. The largest absolute Gasteiger partial charge is 0.321 e. The molecular weight excluding hydrogens is 544 g/mol. The van der Waals surface area contributed by atoms with Gasteiger partial charge in [0.05, 0.1) is 10.2 Å². The molecule has 1 heterocycles. The zero-order chi connectivity index (χ0) is 25.8. The molecule has 1 atom stereocenters. The quantitative estimate of drug-likeness (QED) is 0.177. The van der Waals surface area contributed by atoms with Crippen molar-refractivity contribution in [1.29, 1.82) is 5.26 Å². The number of halogens is 1. The van der Waals surface area contributed by atoms with Crippen LogP contribution in [-0.4, -0.2) is 22.0 Å². The summed E-state index contributed by atoms with van der Waals surface area (Å²) in [5.41, 5.74) is 2.36. The lowest BCUT2D eigenvalue weighted by Gasteiger charge is -2.19. The van der Waals surface area contributed by atoms with E-state index in [-0.39, 0.29) is 28.6 Å². The number of nitrogens with zero attached hydrogens (tertiary/aromatic N) is 3. The van der Waals surface area contributed by atoms with Crippen molar-refractivity contribution in [3.63, 3.8) is 0 Å². The van der Waals surface area contributed by atoms with Crippen molar-refractivity contribution in [2.45, 2.75) is 18.6 Å². The number of carbonyl (C=O) groups is 2. The molecule has 4 rings (SSSR count). The lowest BCUT2D eigenvalue weighted by atomic mass is 10.1. The average molecular weight is 563 g/mol. The summed E-state index contributed by atoms with van der Waals surface area (Å²) in [5, 5.41) is 23.4. The number of nitrogens with one attached hydrogen (secondary N) is 1. The van der Waals surface area contributed by atoms with E-state index in [9.17, 15) is 25.0 Å². The van der Waals surface area contributed by atoms with Crippen LogP contribution in [-0.2, 0) is 16.0 Å². The molecule has 0 radical (unpaired) electrons. The van der Waals surface area contributed by atoms with Gasteiger partial charge in [-0.15, -0.1) is 0 Å². The molecule has 10 heteroatoms. The molecule has 0 aliphatic carbocycles. The highest BCUT2D eigenvalue weighted by atomic mass is 79.9. The van der Waals surface area contributed by atoms with Crippen LogP contribution in [0.3, 0.4) is 0 Å². The Morgan fingerprint density at radius 3 is 2.50 bits per heavy atom. The Morgan fingerprint density at radius 1 is 1.17 bits per heavy atom. The first-order chi connectivity index (χ1) is 17.3. The van der Waals surface area contributed by atoms with E-state index in [1.165, 1.54) is 17.0 Å². The zero-order valence-corrected chi connectivity index (χ0v) is 21.4. The van der Waals surface area contributed by atoms with E-state index in [2.05, 4.69) is 21.2 Å². The Bertz CT molecular complexity index is 1420. The van der Waals surface area contributed by atoms with E-state index < -0.39 is 16.1 Å². The predicted octanol–water partition coefficient (Wildman–Crippen LogP) is 5.73. The second-order valence-electron chi connectivity index (χ2n) is 8.00. The number of anilines is 2. The second kappa shape index (κ2) is 10.8. The van der Waals surface area contributed by atoms with Gasteiger partial charge in [-0.2, -0.15) is 5.26 Å².